The van der Waals surface area contributed by atoms with Crippen LogP contribution in [0, 0.1) is 22.7 Å². The number of nitrogens with zero attached hydrogens (tertiary/aromatic N) is 4. The zero-order chi connectivity index (χ0) is 10.6. The van der Waals surface area contributed by atoms with Crippen molar-refractivity contribution in [3.63, 3.8) is 0 Å². The van der Waals surface area contributed by atoms with Crippen LogP contribution in [-0.2, 0) is 6.54 Å². The van der Waals surface area contributed by atoms with Gasteiger partial charge in [0.1, 0.15) is 17.7 Å². The molecule has 0 bridgehead atoms. The number of nitriles is 2. The predicted octanol–water partition coefficient (Wildman–Crippen LogP) is 2.10. The molecule has 70 valence electrons. The number of aryl methyl sites for hydroxylation is 1. The molecule has 5 heteroatoms. The Kier molecular flexibility index (Phi) is 3.44. The largest absolute Gasteiger partial charge is 0.265 e. The van der Waals surface area contributed by atoms with Gasteiger partial charge in [0.05, 0.1) is 16.4 Å². The van der Waals surface area contributed by atoms with E-state index in [4.69, 9.17) is 10.5 Å². The zero-order valence-electron chi connectivity index (χ0n) is 7.53. The molecule has 4 nitrogen and oxygen atoms in total. The highest BCUT2D eigenvalue weighted by molar-refractivity contribution is 9.10. The highest BCUT2D eigenvalue weighted by Gasteiger charge is 2.05. The van der Waals surface area contributed by atoms with E-state index in [0.717, 1.165) is 10.2 Å². The fourth-order valence-corrected chi connectivity index (χ4v) is 1.40. The van der Waals surface area contributed by atoms with Crippen molar-refractivity contribution in [3.05, 3.63) is 21.9 Å². The summed E-state index contributed by atoms with van der Waals surface area (Å²) in [6, 6.07) is 3.61. The molecule has 0 atom stereocenters. The molecule has 0 saturated carbocycles. The van der Waals surface area contributed by atoms with Crippen molar-refractivity contribution in [2.75, 3.05) is 0 Å². The molecule has 14 heavy (non-hydrogen) atoms. The second-order valence-corrected chi connectivity index (χ2v) is 3.33. The Morgan fingerprint density at radius 1 is 1.64 bits per heavy atom. The molecule has 0 aliphatic rings. The van der Waals surface area contributed by atoms with Crippen molar-refractivity contribution in [3.8, 4) is 12.1 Å². The van der Waals surface area contributed by atoms with Gasteiger partial charge in [0.2, 0.25) is 0 Å². The van der Waals surface area contributed by atoms with E-state index >= 15 is 0 Å². The third-order valence-electron chi connectivity index (χ3n) is 1.65. The quantitative estimate of drug-likeness (QED) is 0.756. The molecule has 1 rings (SSSR count). The van der Waals surface area contributed by atoms with Crippen LogP contribution >= 0.6 is 15.9 Å². The molecule has 0 unspecified atom stereocenters. The monoisotopic (exact) mass is 250 g/mol. The van der Waals surface area contributed by atoms with Crippen LogP contribution in [0.5, 0.6) is 0 Å². The van der Waals surface area contributed by atoms with Gasteiger partial charge in [0.25, 0.3) is 0 Å². The fourth-order valence-electron chi connectivity index (χ4n) is 0.994. The summed E-state index contributed by atoms with van der Waals surface area (Å²) in [5, 5.41) is 21.2. The molecule has 0 amide bonds. The Hall–Kier alpha value is -1.59. The Morgan fingerprint density at radius 2 is 2.29 bits per heavy atom. The van der Waals surface area contributed by atoms with Gasteiger partial charge >= 0.3 is 0 Å². The highest BCUT2D eigenvalue weighted by atomic mass is 79.9. The van der Waals surface area contributed by atoms with E-state index < -0.39 is 0 Å². The molecule has 0 saturated heterocycles. The van der Waals surface area contributed by atoms with E-state index in [0.29, 0.717) is 6.54 Å². The minimum absolute atomic E-state index is 0.0703. The summed E-state index contributed by atoms with van der Waals surface area (Å²) < 4.78 is 2.49. The summed E-state index contributed by atoms with van der Waals surface area (Å²) in [5.41, 5.74) is 0.812. The normalized spacial score (nSPS) is 8.86. The van der Waals surface area contributed by atoms with Crippen molar-refractivity contribution in [2.45, 2.75) is 13.5 Å². The van der Waals surface area contributed by atoms with E-state index in [2.05, 4.69) is 21.0 Å². The Balaban J connectivity index is 3.21. The molecule has 0 radical (unpaired) electrons. The lowest BCUT2D eigenvalue weighted by Crippen LogP contribution is -1.98. The number of hydrogen-bond donors (Lipinski definition) is 0. The maximum Gasteiger partial charge on any atom is 0.131 e. The first kappa shape index (κ1) is 10.5. The van der Waals surface area contributed by atoms with Crippen molar-refractivity contribution in [2.24, 2.45) is 0 Å². The second kappa shape index (κ2) is 4.59. The molecular weight excluding hydrogens is 244 g/mol. The van der Waals surface area contributed by atoms with Gasteiger partial charge in [-0.05, 0) is 28.9 Å². The van der Waals surface area contributed by atoms with Gasteiger partial charge < -0.3 is 0 Å². The van der Waals surface area contributed by atoms with Gasteiger partial charge in [-0.25, -0.2) is 0 Å². The number of halogens is 1. The first-order valence-electron chi connectivity index (χ1n) is 3.96. The minimum atomic E-state index is 0.0703. The Bertz CT molecular complexity index is 428. The number of rotatable bonds is 2. The van der Waals surface area contributed by atoms with Gasteiger partial charge in [-0.1, -0.05) is 0 Å². The van der Waals surface area contributed by atoms with Crippen molar-refractivity contribution in [1.29, 1.82) is 10.5 Å². The predicted molar refractivity (Wildman–Crippen MR) is 54.8 cm³/mol. The van der Waals surface area contributed by atoms with E-state index in [9.17, 15) is 0 Å². The second-order valence-electron chi connectivity index (χ2n) is 2.48. The molecule has 1 heterocycles. The van der Waals surface area contributed by atoms with Crippen molar-refractivity contribution in [1.82, 2.24) is 9.78 Å². The third-order valence-corrected chi connectivity index (χ3v) is 2.27. The molecule has 0 aliphatic carbocycles. The minimum Gasteiger partial charge on any atom is -0.265 e. The van der Waals surface area contributed by atoms with Crippen molar-refractivity contribution >= 4 is 22.0 Å². The van der Waals surface area contributed by atoms with E-state index in [1.54, 1.807) is 23.0 Å². The molecule has 0 aliphatic heterocycles. The molecule has 1 aromatic heterocycles. The van der Waals surface area contributed by atoms with Gasteiger partial charge in [-0.15, -0.1) is 0 Å². The molecule has 1 aromatic rings. The summed E-state index contributed by atoms with van der Waals surface area (Å²) in [6.45, 7) is 2.64. The first-order chi connectivity index (χ1) is 6.72. The standard InChI is InChI=1S/C9H7BrN4/c1-2-14-9(8(10)6-13-14)3-7(4-11)5-12/h3,6H,2H2,1H3. The van der Waals surface area contributed by atoms with Crippen LogP contribution in [0.15, 0.2) is 16.2 Å². The Morgan fingerprint density at radius 3 is 2.79 bits per heavy atom. The summed E-state index contributed by atoms with van der Waals surface area (Å²) >= 11 is 3.30. The maximum absolute atomic E-state index is 8.59. The maximum atomic E-state index is 8.59. The average Bonchev–Trinajstić information content (AvgIpc) is 2.56. The van der Waals surface area contributed by atoms with Gasteiger partial charge in [-0.3, -0.25) is 4.68 Å². The van der Waals surface area contributed by atoms with Gasteiger partial charge in [-0.2, -0.15) is 15.6 Å². The van der Waals surface area contributed by atoms with Crippen LogP contribution in [0.25, 0.3) is 6.08 Å². The number of allylic oxidation sites excluding steroid dienone is 1. The lowest BCUT2D eigenvalue weighted by atomic mass is 10.2. The third kappa shape index (κ3) is 2.01. The summed E-state index contributed by atoms with van der Waals surface area (Å²) in [5.74, 6) is 0. The Labute approximate surface area is 90.2 Å². The summed E-state index contributed by atoms with van der Waals surface area (Å²) in [4.78, 5) is 0. The van der Waals surface area contributed by atoms with Crippen LogP contribution < -0.4 is 0 Å². The van der Waals surface area contributed by atoms with Crippen LogP contribution in [0.3, 0.4) is 0 Å². The smallest absolute Gasteiger partial charge is 0.131 e. The topological polar surface area (TPSA) is 65.4 Å². The van der Waals surface area contributed by atoms with Gasteiger partial charge in [0.15, 0.2) is 0 Å². The molecule has 0 spiro atoms. The summed E-state index contributed by atoms with van der Waals surface area (Å²) in [6.07, 6.45) is 3.16. The first-order valence-corrected chi connectivity index (χ1v) is 4.75. The molecule has 0 aromatic carbocycles. The van der Waals surface area contributed by atoms with Crippen LogP contribution in [0.2, 0.25) is 0 Å². The lowest BCUT2D eigenvalue weighted by molar-refractivity contribution is 0.653. The van der Waals surface area contributed by atoms with E-state index in [-0.39, 0.29) is 5.57 Å². The lowest BCUT2D eigenvalue weighted by Gasteiger charge is -1.98. The number of aromatic nitrogens is 2. The molecular formula is C9H7BrN4. The van der Waals surface area contributed by atoms with Crippen LogP contribution in [0.4, 0.5) is 0 Å². The van der Waals surface area contributed by atoms with E-state index in [1.807, 2.05) is 6.92 Å². The zero-order valence-corrected chi connectivity index (χ0v) is 9.11. The van der Waals surface area contributed by atoms with Crippen LogP contribution in [-0.4, -0.2) is 9.78 Å². The molecule has 0 N–H and O–H groups in total. The highest BCUT2D eigenvalue weighted by Crippen LogP contribution is 2.18. The average molecular weight is 251 g/mol. The van der Waals surface area contributed by atoms with Crippen LogP contribution in [0.1, 0.15) is 12.6 Å². The van der Waals surface area contributed by atoms with E-state index in [1.165, 1.54) is 6.08 Å². The summed E-state index contributed by atoms with van der Waals surface area (Å²) in [7, 11) is 0. The molecule has 0 fully saturated rings. The van der Waals surface area contributed by atoms with Crippen molar-refractivity contribution < 1.29 is 0 Å². The van der Waals surface area contributed by atoms with Gasteiger partial charge in [0, 0.05) is 6.54 Å². The number of hydrogen-bond acceptors (Lipinski definition) is 3. The SMILES string of the molecule is CCn1ncc(Br)c1C=C(C#N)C#N. The fraction of sp³-hybridized carbons (Fsp3) is 0.222.